The maximum absolute atomic E-state index is 12.2. The molecule has 0 aromatic carbocycles. The standard InChI is InChI=1S/C21H41NO5S3/c1-3-10-29-14-19(30-11-4-2)8-7-18(26)6-5-12-28-13-9-20(27)22-21(15-23,16-24)17-25/h19,23-25H,3-17H2,1-2H3,(H,22,27). The van der Waals surface area contributed by atoms with Gasteiger partial charge in [0.2, 0.25) is 5.91 Å². The lowest BCUT2D eigenvalue weighted by Gasteiger charge is -2.28. The second kappa shape index (κ2) is 19.7. The molecule has 0 fully saturated rings. The number of hydrogen-bond donors (Lipinski definition) is 4. The van der Waals surface area contributed by atoms with Crippen LogP contribution in [0.25, 0.3) is 0 Å². The normalized spacial score (nSPS) is 12.7. The van der Waals surface area contributed by atoms with Crippen molar-refractivity contribution in [3.63, 3.8) is 0 Å². The zero-order chi connectivity index (χ0) is 22.7. The minimum atomic E-state index is -1.36. The van der Waals surface area contributed by atoms with Crippen molar-refractivity contribution in [1.82, 2.24) is 5.32 Å². The van der Waals surface area contributed by atoms with E-state index in [0.29, 0.717) is 29.6 Å². The van der Waals surface area contributed by atoms with E-state index in [1.807, 2.05) is 23.5 Å². The van der Waals surface area contributed by atoms with Crippen LogP contribution in [-0.2, 0) is 9.59 Å². The summed E-state index contributed by atoms with van der Waals surface area (Å²) in [7, 11) is 0. The van der Waals surface area contributed by atoms with Gasteiger partial charge in [0.05, 0.1) is 19.8 Å². The minimum absolute atomic E-state index is 0.242. The molecule has 9 heteroatoms. The topological polar surface area (TPSA) is 107 Å². The Bertz CT molecular complexity index is 442. The maximum atomic E-state index is 12.2. The average molecular weight is 484 g/mol. The van der Waals surface area contributed by atoms with Crippen molar-refractivity contribution in [2.75, 3.05) is 48.6 Å². The van der Waals surface area contributed by atoms with Gasteiger partial charge in [-0.3, -0.25) is 9.59 Å². The van der Waals surface area contributed by atoms with Crippen molar-refractivity contribution in [1.29, 1.82) is 0 Å². The molecular weight excluding hydrogens is 442 g/mol. The molecule has 0 aliphatic heterocycles. The summed E-state index contributed by atoms with van der Waals surface area (Å²) in [5, 5.41) is 30.7. The molecule has 0 saturated heterocycles. The van der Waals surface area contributed by atoms with E-state index >= 15 is 0 Å². The SMILES string of the molecule is CCCSCC(CCC(=O)CCCSCCC(=O)NC(CO)(CO)CO)SCCC. The van der Waals surface area contributed by atoms with E-state index in [1.165, 1.54) is 18.6 Å². The molecule has 1 unspecified atom stereocenters. The summed E-state index contributed by atoms with van der Waals surface area (Å²) in [6, 6.07) is 0. The lowest BCUT2D eigenvalue weighted by atomic mass is 10.0. The van der Waals surface area contributed by atoms with Crippen molar-refractivity contribution >= 4 is 47.0 Å². The highest BCUT2D eigenvalue weighted by atomic mass is 32.2. The molecule has 0 aliphatic carbocycles. The van der Waals surface area contributed by atoms with Crippen LogP contribution in [0.4, 0.5) is 0 Å². The highest BCUT2D eigenvalue weighted by Gasteiger charge is 2.29. The van der Waals surface area contributed by atoms with Gasteiger partial charge < -0.3 is 20.6 Å². The Balaban J connectivity index is 3.91. The average Bonchev–Trinajstić information content (AvgIpc) is 2.76. The molecular formula is C21H41NO5S3. The van der Waals surface area contributed by atoms with Crippen molar-refractivity contribution < 1.29 is 24.9 Å². The third-order valence-electron chi connectivity index (χ3n) is 4.49. The molecule has 1 amide bonds. The fourth-order valence-electron chi connectivity index (χ4n) is 2.57. The first-order chi connectivity index (χ1) is 14.5. The van der Waals surface area contributed by atoms with E-state index in [1.54, 1.807) is 11.8 Å². The number of aliphatic hydroxyl groups is 3. The van der Waals surface area contributed by atoms with Gasteiger partial charge in [-0.25, -0.2) is 0 Å². The molecule has 0 rings (SSSR count). The van der Waals surface area contributed by atoms with Crippen LogP contribution in [0.15, 0.2) is 0 Å². The lowest BCUT2D eigenvalue weighted by Crippen LogP contribution is -2.57. The van der Waals surface area contributed by atoms with Gasteiger partial charge in [-0.05, 0) is 42.9 Å². The molecule has 1 atom stereocenters. The van der Waals surface area contributed by atoms with Crippen molar-refractivity contribution in [2.24, 2.45) is 0 Å². The predicted molar refractivity (Wildman–Crippen MR) is 132 cm³/mol. The third-order valence-corrected chi connectivity index (χ3v) is 8.62. The smallest absolute Gasteiger partial charge is 0.221 e. The number of hydrogen-bond acceptors (Lipinski definition) is 8. The first-order valence-corrected chi connectivity index (χ1v) is 14.2. The molecule has 0 heterocycles. The summed E-state index contributed by atoms with van der Waals surface area (Å²) in [6.07, 6.45) is 5.64. The van der Waals surface area contributed by atoms with Crippen LogP contribution in [0.1, 0.15) is 58.8 Å². The van der Waals surface area contributed by atoms with E-state index in [-0.39, 0.29) is 12.3 Å². The molecule has 4 N–H and O–H groups in total. The Morgan fingerprint density at radius 2 is 1.53 bits per heavy atom. The Hall–Kier alpha value is 0.0700. The number of thioether (sulfide) groups is 3. The van der Waals surface area contributed by atoms with Gasteiger partial charge in [-0.2, -0.15) is 35.3 Å². The molecule has 30 heavy (non-hydrogen) atoms. The van der Waals surface area contributed by atoms with Gasteiger partial charge in [-0.1, -0.05) is 13.8 Å². The number of carbonyl (C=O) groups excluding carboxylic acids is 2. The number of carbonyl (C=O) groups is 2. The number of Topliss-reactive ketones (excluding diaryl/α,β-unsaturated/α-hetero) is 1. The first kappa shape index (κ1) is 30.1. The molecule has 0 aliphatic rings. The molecule has 0 radical (unpaired) electrons. The monoisotopic (exact) mass is 483 g/mol. The Morgan fingerprint density at radius 3 is 2.13 bits per heavy atom. The predicted octanol–water partition coefficient (Wildman–Crippen LogP) is 2.73. The zero-order valence-electron chi connectivity index (χ0n) is 18.6. The van der Waals surface area contributed by atoms with Crippen LogP contribution in [0.2, 0.25) is 0 Å². The number of nitrogens with one attached hydrogen (secondary N) is 1. The Kier molecular flexibility index (Phi) is 19.8. The van der Waals surface area contributed by atoms with Gasteiger partial charge in [0.15, 0.2) is 0 Å². The maximum Gasteiger partial charge on any atom is 0.221 e. The van der Waals surface area contributed by atoms with Crippen LogP contribution in [0.3, 0.4) is 0 Å². The number of amides is 1. The van der Waals surface area contributed by atoms with Gasteiger partial charge >= 0.3 is 0 Å². The fourth-order valence-corrected chi connectivity index (χ4v) is 5.86. The molecule has 0 bridgehead atoms. The van der Waals surface area contributed by atoms with E-state index in [0.717, 1.165) is 30.1 Å². The molecule has 0 saturated carbocycles. The van der Waals surface area contributed by atoms with Gasteiger partial charge in [0.1, 0.15) is 11.3 Å². The van der Waals surface area contributed by atoms with E-state index in [9.17, 15) is 24.9 Å². The number of ketones is 1. The van der Waals surface area contributed by atoms with Crippen LogP contribution < -0.4 is 5.32 Å². The molecule has 178 valence electrons. The Morgan fingerprint density at radius 1 is 0.867 bits per heavy atom. The first-order valence-electron chi connectivity index (χ1n) is 10.9. The quantitative estimate of drug-likeness (QED) is 0.185. The van der Waals surface area contributed by atoms with E-state index in [2.05, 4.69) is 19.2 Å². The van der Waals surface area contributed by atoms with Crippen LogP contribution in [-0.4, -0.2) is 86.4 Å². The largest absolute Gasteiger partial charge is 0.394 e. The number of rotatable bonds is 21. The zero-order valence-corrected chi connectivity index (χ0v) is 21.0. The Labute approximate surface area is 195 Å². The summed E-state index contributed by atoms with van der Waals surface area (Å²) >= 11 is 5.60. The van der Waals surface area contributed by atoms with Crippen LogP contribution >= 0.6 is 35.3 Å². The van der Waals surface area contributed by atoms with Crippen molar-refractivity contribution in [2.45, 2.75) is 69.6 Å². The fraction of sp³-hybridized carbons (Fsp3) is 0.905. The van der Waals surface area contributed by atoms with Crippen molar-refractivity contribution in [3.8, 4) is 0 Å². The second-order valence-corrected chi connectivity index (χ2v) is 11.2. The summed E-state index contributed by atoms with van der Waals surface area (Å²) in [5.41, 5.74) is -1.36. The molecule has 0 aromatic rings. The second-order valence-electron chi connectivity index (χ2n) is 7.41. The summed E-state index contributed by atoms with van der Waals surface area (Å²) in [6.45, 7) is 2.84. The van der Waals surface area contributed by atoms with E-state index in [4.69, 9.17) is 0 Å². The summed E-state index contributed by atoms with van der Waals surface area (Å²) in [4.78, 5) is 24.1. The lowest BCUT2D eigenvalue weighted by molar-refractivity contribution is -0.125. The summed E-state index contributed by atoms with van der Waals surface area (Å²) in [5.74, 6) is 4.92. The number of aliphatic hydroxyl groups excluding tert-OH is 3. The molecule has 0 aromatic heterocycles. The highest BCUT2D eigenvalue weighted by molar-refractivity contribution is 8.03. The summed E-state index contributed by atoms with van der Waals surface area (Å²) < 4.78 is 0. The van der Waals surface area contributed by atoms with Crippen molar-refractivity contribution in [3.05, 3.63) is 0 Å². The van der Waals surface area contributed by atoms with Gasteiger partial charge in [-0.15, -0.1) is 0 Å². The van der Waals surface area contributed by atoms with Gasteiger partial charge in [0, 0.05) is 36.0 Å². The highest BCUT2D eigenvalue weighted by Crippen LogP contribution is 2.23. The van der Waals surface area contributed by atoms with E-state index < -0.39 is 25.4 Å². The molecule has 6 nitrogen and oxygen atoms in total. The minimum Gasteiger partial charge on any atom is -0.394 e. The van der Waals surface area contributed by atoms with Crippen LogP contribution in [0.5, 0.6) is 0 Å². The molecule has 0 spiro atoms. The van der Waals surface area contributed by atoms with Crippen LogP contribution in [0, 0.1) is 0 Å². The van der Waals surface area contributed by atoms with Gasteiger partial charge in [0.25, 0.3) is 0 Å². The third kappa shape index (κ3) is 15.0.